The van der Waals surface area contributed by atoms with Crippen molar-refractivity contribution in [3.05, 3.63) is 65.7 Å². The first-order chi connectivity index (χ1) is 9.35. The Hall–Kier alpha value is -1.80. The van der Waals surface area contributed by atoms with E-state index in [-0.39, 0.29) is 0 Å². The van der Waals surface area contributed by atoms with Gasteiger partial charge in [-0.15, -0.1) is 0 Å². The number of benzene rings is 2. The lowest BCUT2D eigenvalue weighted by Crippen LogP contribution is -2.23. The van der Waals surface area contributed by atoms with Crippen LogP contribution in [0.4, 0.5) is 0 Å². The van der Waals surface area contributed by atoms with Crippen LogP contribution in [0.2, 0.25) is 0 Å². The number of nitrogens with one attached hydrogen (secondary N) is 1. The number of methoxy groups -OCH3 is 1. The Bertz CT molecular complexity index is 496. The van der Waals surface area contributed by atoms with Gasteiger partial charge >= 0.3 is 0 Å². The van der Waals surface area contributed by atoms with Crippen molar-refractivity contribution in [3.8, 4) is 5.75 Å². The van der Waals surface area contributed by atoms with Crippen molar-refractivity contribution in [2.45, 2.75) is 19.4 Å². The number of hydrogen-bond donors (Lipinski definition) is 1. The van der Waals surface area contributed by atoms with Crippen molar-refractivity contribution in [2.75, 3.05) is 13.7 Å². The molecule has 19 heavy (non-hydrogen) atoms. The third-order valence-corrected chi connectivity index (χ3v) is 3.27. The second kappa shape index (κ2) is 6.95. The van der Waals surface area contributed by atoms with Crippen LogP contribution in [0.3, 0.4) is 0 Å². The van der Waals surface area contributed by atoms with E-state index in [4.69, 9.17) is 4.74 Å². The Labute approximate surface area is 115 Å². The zero-order valence-electron chi connectivity index (χ0n) is 11.6. The molecule has 0 fully saturated rings. The minimum atomic E-state index is 0.322. The van der Waals surface area contributed by atoms with Crippen molar-refractivity contribution < 1.29 is 4.74 Å². The van der Waals surface area contributed by atoms with Gasteiger partial charge < -0.3 is 10.1 Å². The van der Waals surface area contributed by atoms with Crippen LogP contribution in [0.1, 0.15) is 24.1 Å². The molecule has 0 aliphatic rings. The zero-order chi connectivity index (χ0) is 13.5. The van der Waals surface area contributed by atoms with E-state index in [9.17, 15) is 0 Å². The first-order valence-electron chi connectivity index (χ1n) is 6.75. The maximum Gasteiger partial charge on any atom is 0.122 e. The smallest absolute Gasteiger partial charge is 0.122 e. The molecular weight excluding hydrogens is 234 g/mol. The minimum Gasteiger partial charge on any atom is -0.496 e. The molecule has 2 nitrogen and oxygen atoms in total. The Morgan fingerprint density at radius 2 is 1.68 bits per heavy atom. The molecule has 0 spiro atoms. The summed E-state index contributed by atoms with van der Waals surface area (Å²) >= 11 is 0. The van der Waals surface area contributed by atoms with Gasteiger partial charge in [-0.2, -0.15) is 0 Å². The van der Waals surface area contributed by atoms with Gasteiger partial charge in [0, 0.05) is 6.04 Å². The molecule has 2 heteroatoms. The first kappa shape index (κ1) is 13.6. The van der Waals surface area contributed by atoms with E-state index in [1.807, 2.05) is 12.1 Å². The van der Waals surface area contributed by atoms with Gasteiger partial charge in [0.05, 0.1) is 7.11 Å². The highest BCUT2D eigenvalue weighted by atomic mass is 16.5. The van der Waals surface area contributed by atoms with E-state index in [1.165, 1.54) is 11.1 Å². The van der Waals surface area contributed by atoms with E-state index >= 15 is 0 Å². The van der Waals surface area contributed by atoms with Gasteiger partial charge in [-0.05, 0) is 30.2 Å². The second-order valence-electron chi connectivity index (χ2n) is 4.54. The summed E-state index contributed by atoms with van der Waals surface area (Å²) in [6.45, 7) is 3.09. The fourth-order valence-electron chi connectivity index (χ4n) is 2.33. The van der Waals surface area contributed by atoms with Crippen molar-refractivity contribution in [1.82, 2.24) is 5.32 Å². The number of likely N-dealkylation sites (N-methyl/N-ethyl adjacent to an activating group) is 1. The lowest BCUT2D eigenvalue weighted by atomic mass is 9.98. The summed E-state index contributed by atoms with van der Waals surface area (Å²) in [5, 5.41) is 3.54. The average molecular weight is 255 g/mol. The first-order valence-corrected chi connectivity index (χ1v) is 6.75. The molecule has 2 aromatic carbocycles. The standard InChI is InChI=1S/C17H21NO/c1-3-18-16(14-9-5-4-6-10-14)13-15-11-7-8-12-17(15)19-2/h4-12,16,18H,3,13H2,1-2H3. The van der Waals surface area contributed by atoms with Crippen molar-refractivity contribution >= 4 is 0 Å². The average Bonchev–Trinajstić information content (AvgIpc) is 2.48. The molecule has 0 bridgehead atoms. The number of rotatable bonds is 6. The van der Waals surface area contributed by atoms with Gasteiger partial charge in [-0.1, -0.05) is 55.5 Å². The summed E-state index contributed by atoms with van der Waals surface area (Å²) in [6, 6.07) is 19.1. The molecule has 0 amide bonds. The van der Waals surface area contributed by atoms with Gasteiger partial charge in [0.2, 0.25) is 0 Å². The Balaban J connectivity index is 2.21. The van der Waals surface area contributed by atoms with Gasteiger partial charge in [-0.3, -0.25) is 0 Å². The lowest BCUT2D eigenvalue weighted by molar-refractivity contribution is 0.405. The molecule has 0 saturated heterocycles. The van der Waals surface area contributed by atoms with Gasteiger partial charge in [-0.25, -0.2) is 0 Å². The van der Waals surface area contributed by atoms with Crippen molar-refractivity contribution in [2.24, 2.45) is 0 Å². The third kappa shape index (κ3) is 3.58. The number of para-hydroxylation sites is 1. The fraction of sp³-hybridized carbons (Fsp3) is 0.294. The molecule has 0 saturated carbocycles. The molecular formula is C17H21NO. The zero-order valence-corrected chi connectivity index (χ0v) is 11.6. The molecule has 0 radical (unpaired) electrons. The van der Waals surface area contributed by atoms with E-state index in [0.29, 0.717) is 6.04 Å². The molecule has 0 aromatic heterocycles. The maximum atomic E-state index is 5.43. The van der Waals surface area contributed by atoms with E-state index in [0.717, 1.165) is 18.7 Å². The van der Waals surface area contributed by atoms with Crippen molar-refractivity contribution in [3.63, 3.8) is 0 Å². The third-order valence-electron chi connectivity index (χ3n) is 3.27. The molecule has 1 atom stereocenters. The normalized spacial score (nSPS) is 12.1. The summed E-state index contributed by atoms with van der Waals surface area (Å²) < 4.78 is 5.43. The summed E-state index contributed by atoms with van der Waals surface area (Å²) in [4.78, 5) is 0. The van der Waals surface area contributed by atoms with Crippen LogP contribution in [0.25, 0.3) is 0 Å². The monoisotopic (exact) mass is 255 g/mol. The predicted octanol–water partition coefficient (Wildman–Crippen LogP) is 3.59. The molecule has 0 aliphatic heterocycles. The van der Waals surface area contributed by atoms with Crippen molar-refractivity contribution in [1.29, 1.82) is 0 Å². The van der Waals surface area contributed by atoms with E-state index < -0.39 is 0 Å². The van der Waals surface area contributed by atoms with Gasteiger partial charge in [0.15, 0.2) is 0 Å². The summed E-state index contributed by atoms with van der Waals surface area (Å²) in [5.41, 5.74) is 2.55. The Kier molecular flexibility index (Phi) is 4.99. The molecule has 1 unspecified atom stereocenters. The molecule has 2 aromatic rings. The fourth-order valence-corrected chi connectivity index (χ4v) is 2.33. The van der Waals surface area contributed by atoms with Gasteiger partial charge in [0.25, 0.3) is 0 Å². The quantitative estimate of drug-likeness (QED) is 0.851. The van der Waals surface area contributed by atoms with Crippen LogP contribution < -0.4 is 10.1 Å². The highest BCUT2D eigenvalue weighted by molar-refractivity contribution is 5.35. The second-order valence-corrected chi connectivity index (χ2v) is 4.54. The summed E-state index contributed by atoms with van der Waals surface area (Å²) in [6.07, 6.45) is 0.932. The molecule has 2 rings (SSSR count). The summed E-state index contributed by atoms with van der Waals surface area (Å²) in [7, 11) is 1.73. The Morgan fingerprint density at radius 1 is 1.00 bits per heavy atom. The minimum absolute atomic E-state index is 0.322. The predicted molar refractivity (Wildman–Crippen MR) is 79.6 cm³/mol. The lowest BCUT2D eigenvalue weighted by Gasteiger charge is -2.19. The van der Waals surface area contributed by atoms with Crippen LogP contribution in [-0.4, -0.2) is 13.7 Å². The van der Waals surface area contributed by atoms with Crippen LogP contribution in [0.15, 0.2) is 54.6 Å². The largest absolute Gasteiger partial charge is 0.496 e. The summed E-state index contributed by atoms with van der Waals surface area (Å²) in [5.74, 6) is 0.960. The van der Waals surface area contributed by atoms with E-state index in [1.54, 1.807) is 7.11 Å². The highest BCUT2D eigenvalue weighted by Crippen LogP contribution is 2.24. The Morgan fingerprint density at radius 3 is 2.37 bits per heavy atom. The number of ether oxygens (including phenoxy) is 1. The van der Waals surface area contributed by atoms with Crippen LogP contribution >= 0.6 is 0 Å². The van der Waals surface area contributed by atoms with Crippen LogP contribution in [-0.2, 0) is 6.42 Å². The van der Waals surface area contributed by atoms with Gasteiger partial charge in [0.1, 0.15) is 5.75 Å². The van der Waals surface area contributed by atoms with E-state index in [2.05, 4.69) is 54.7 Å². The van der Waals surface area contributed by atoms with Crippen LogP contribution in [0.5, 0.6) is 5.75 Å². The molecule has 0 heterocycles. The molecule has 0 aliphatic carbocycles. The highest BCUT2D eigenvalue weighted by Gasteiger charge is 2.13. The molecule has 100 valence electrons. The number of hydrogen-bond acceptors (Lipinski definition) is 2. The SMILES string of the molecule is CCNC(Cc1ccccc1OC)c1ccccc1. The maximum absolute atomic E-state index is 5.43. The molecule has 1 N–H and O–H groups in total. The van der Waals surface area contributed by atoms with Crippen LogP contribution in [0, 0.1) is 0 Å². The topological polar surface area (TPSA) is 21.3 Å².